The van der Waals surface area contributed by atoms with Crippen LogP contribution in [0.2, 0.25) is 0 Å². The Hall–Kier alpha value is -0.0400. The molecule has 1 rings (SSSR count). The lowest BCUT2D eigenvalue weighted by molar-refractivity contribution is -0.0371. The summed E-state index contributed by atoms with van der Waals surface area (Å²) >= 11 is 0. The lowest BCUT2D eigenvalue weighted by Crippen LogP contribution is -2.38. The van der Waals surface area contributed by atoms with Gasteiger partial charge in [-0.25, -0.2) is 0 Å². The number of hydrogen-bond donors (Lipinski definition) is 0. The van der Waals surface area contributed by atoms with Gasteiger partial charge >= 0.3 is 0 Å². The van der Waals surface area contributed by atoms with E-state index in [2.05, 4.69) is 27.7 Å². The Morgan fingerprint density at radius 1 is 1.25 bits per heavy atom. The van der Waals surface area contributed by atoms with E-state index in [1.807, 2.05) is 7.11 Å². The van der Waals surface area contributed by atoms with E-state index in [1.54, 1.807) is 0 Å². The zero-order chi connectivity index (χ0) is 9.35. The van der Waals surface area contributed by atoms with Gasteiger partial charge in [0.05, 0.1) is 6.10 Å². The molecule has 1 heteroatoms. The molecule has 1 aliphatic rings. The van der Waals surface area contributed by atoms with Gasteiger partial charge in [-0.05, 0) is 30.1 Å². The van der Waals surface area contributed by atoms with Crippen LogP contribution in [0.4, 0.5) is 0 Å². The second-order valence-electron chi connectivity index (χ2n) is 5.24. The van der Waals surface area contributed by atoms with E-state index < -0.39 is 0 Å². The van der Waals surface area contributed by atoms with Crippen LogP contribution in [0.15, 0.2) is 0 Å². The van der Waals surface area contributed by atoms with Crippen molar-refractivity contribution in [1.29, 1.82) is 0 Å². The van der Waals surface area contributed by atoms with E-state index in [0.29, 0.717) is 11.5 Å². The maximum atomic E-state index is 5.28. The van der Waals surface area contributed by atoms with Crippen molar-refractivity contribution in [3.63, 3.8) is 0 Å². The molecular weight excluding hydrogens is 148 g/mol. The summed E-state index contributed by atoms with van der Waals surface area (Å²) in [5, 5.41) is 0. The largest absolute Gasteiger partial charge is 0.381 e. The Bertz CT molecular complexity index is 140. The van der Waals surface area contributed by atoms with Gasteiger partial charge in [-0.2, -0.15) is 0 Å². The lowest BCUT2D eigenvalue weighted by Gasteiger charge is -2.43. The van der Waals surface area contributed by atoms with Gasteiger partial charge in [0, 0.05) is 7.11 Å². The molecule has 0 heterocycles. The highest BCUT2D eigenvalue weighted by molar-refractivity contribution is 4.87. The van der Waals surface area contributed by atoms with Gasteiger partial charge in [-0.1, -0.05) is 27.7 Å². The molecule has 12 heavy (non-hydrogen) atoms. The first kappa shape index (κ1) is 10.0. The van der Waals surface area contributed by atoms with Crippen molar-refractivity contribution in [3.8, 4) is 0 Å². The van der Waals surface area contributed by atoms with Crippen molar-refractivity contribution in [2.75, 3.05) is 7.11 Å². The minimum Gasteiger partial charge on any atom is -0.381 e. The van der Waals surface area contributed by atoms with E-state index in [9.17, 15) is 0 Å². The van der Waals surface area contributed by atoms with Crippen molar-refractivity contribution in [3.05, 3.63) is 0 Å². The fourth-order valence-electron chi connectivity index (χ4n) is 1.91. The zero-order valence-electron chi connectivity index (χ0n) is 9.05. The number of hydrogen-bond acceptors (Lipinski definition) is 1. The van der Waals surface area contributed by atoms with Crippen molar-refractivity contribution in [2.24, 2.45) is 17.3 Å². The van der Waals surface area contributed by atoms with Gasteiger partial charge in [0.1, 0.15) is 0 Å². The minimum absolute atomic E-state index is 0.462. The molecule has 1 nitrogen and oxygen atoms in total. The fraction of sp³-hybridized carbons (Fsp3) is 1.00. The van der Waals surface area contributed by atoms with E-state index in [1.165, 1.54) is 12.8 Å². The van der Waals surface area contributed by atoms with Crippen molar-refractivity contribution in [2.45, 2.75) is 46.6 Å². The third kappa shape index (κ3) is 2.01. The number of ether oxygens (including phenoxy) is 1. The Morgan fingerprint density at radius 2 is 1.75 bits per heavy atom. The normalized spacial score (nSPS) is 32.8. The molecule has 0 radical (unpaired) electrons. The predicted molar refractivity (Wildman–Crippen MR) is 52.1 cm³/mol. The molecule has 0 bridgehead atoms. The standard InChI is InChI=1S/C11H22O/c1-8(11(2,3)4)9-6-10(7-9)12-5/h8-10H,6-7H2,1-5H3/t8-,9?,10?/m1/s1. The van der Waals surface area contributed by atoms with Crippen LogP contribution >= 0.6 is 0 Å². The molecule has 72 valence electrons. The fourth-order valence-corrected chi connectivity index (χ4v) is 1.91. The summed E-state index contributed by atoms with van der Waals surface area (Å²) in [6, 6.07) is 0. The van der Waals surface area contributed by atoms with Crippen molar-refractivity contribution in [1.82, 2.24) is 0 Å². The number of methoxy groups -OCH3 is 1. The smallest absolute Gasteiger partial charge is 0.0576 e. The summed E-state index contributed by atoms with van der Waals surface area (Å²) in [7, 11) is 1.82. The Morgan fingerprint density at radius 3 is 2.08 bits per heavy atom. The second-order valence-corrected chi connectivity index (χ2v) is 5.24. The van der Waals surface area contributed by atoms with Gasteiger partial charge in [-0.3, -0.25) is 0 Å². The molecule has 0 aromatic rings. The Labute approximate surface area is 76.5 Å². The van der Waals surface area contributed by atoms with Crippen LogP contribution < -0.4 is 0 Å². The highest BCUT2D eigenvalue weighted by Gasteiger charge is 2.37. The average molecular weight is 170 g/mol. The molecule has 1 fully saturated rings. The zero-order valence-corrected chi connectivity index (χ0v) is 9.05. The van der Waals surface area contributed by atoms with Gasteiger partial charge in [0.2, 0.25) is 0 Å². The van der Waals surface area contributed by atoms with Crippen LogP contribution in [-0.2, 0) is 4.74 Å². The first-order chi connectivity index (χ1) is 5.45. The topological polar surface area (TPSA) is 9.23 Å². The van der Waals surface area contributed by atoms with Crippen molar-refractivity contribution < 1.29 is 4.74 Å². The highest BCUT2D eigenvalue weighted by atomic mass is 16.5. The lowest BCUT2D eigenvalue weighted by atomic mass is 9.65. The van der Waals surface area contributed by atoms with Gasteiger partial charge in [-0.15, -0.1) is 0 Å². The Balaban J connectivity index is 2.33. The second kappa shape index (κ2) is 3.37. The molecule has 0 spiro atoms. The van der Waals surface area contributed by atoms with Crippen LogP contribution in [-0.4, -0.2) is 13.2 Å². The quantitative estimate of drug-likeness (QED) is 0.619. The summed E-state index contributed by atoms with van der Waals surface area (Å²) in [5.74, 6) is 1.72. The first-order valence-corrected chi connectivity index (χ1v) is 4.98. The molecule has 0 N–H and O–H groups in total. The van der Waals surface area contributed by atoms with Gasteiger partial charge in [0.15, 0.2) is 0 Å². The van der Waals surface area contributed by atoms with Crippen LogP contribution in [0, 0.1) is 17.3 Å². The molecular formula is C11H22O. The number of rotatable bonds is 2. The maximum absolute atomic E-state index is 5.28. The molecule has 0 aliphatic heterocycles. The summed E-state index contributed by atoms with van der Waals surface area (Å²) in [6.07, 6.45) is 3.10. The Kier molecular flexibility index (Phi) is 2.82. The molecule has 1 atom stereocenters. The van der Waals surface area contributed by atoms with E-state index in [0.717, 1.165) is 11.8 Å². The minimum atomic E-state index is 0.462. The highest BCUT2D eigenvalue weighted by Crippen LogP contribution is 2.43. The molecule has 0 amide bonds. The van der Waals surface area contributed by atoms with Crippen LogP contribution in [0.5, 0.6) is 0 Å². The first-order valence-electron chi connectivity index (χ1n) is 4.98. The van der Waals surface area contributed by atoms with Gasteiger partial charge < -0.3 is 4.74 Å². The molecule has 1 aliphatic carbocycles. The van der Waals surface area contributed by atoms with Crippen molar-refractivity contribution >= 4 is 0 Å². The summed E-state index contributed by atoms with van der Waals surface area (Å²) in [5.41, 5.74) is 0.462. The molecule has 1 saturated carbocycles. The molecule has 0 unspecified atom stereocenters. The third-order valence-corrected chi connectivity index (χ3v) is 3.54. The molecule has 0 saturated heterocycles. The summed E-state index contributed by atoms with van der Waals surface area (Å²) in [6.45, 7) is 9.37. The van der Waals surface area contributed by atoms with Gasteiger partial charge in [0.25, 0.3) is 0 Å². The molecule has 0 aromatic carbocycles. The van der Waals surface area contributed by atoms with Crippen LogP contribution in [0.3, 0.4) is 0 Å². The van der Waals surface area contributed by atoms with E-state index in [-0.39, 0.29) is 0 Å². The SMILES string of the molecule is COC1CC([C@@H](C)C(C)(C)C)C1. The monoisotopic (exact) mass is 170 g/mol. The van der Waals surface area contributed by atoms with E-state index >= 15 is 0 Å². The predicted octanol–water partition coefficient (Wildman–Crippen LogP) is 3.09. The summed E-state index contributed by atoms with van der Waals surface area (Å²) in [4.78, 5) is 0. The molecule has 0 aromatic heterocycles. The average Bonchev–Trinajstić information content (AvgIpc) is 1.83. The van der Waals surface area contributed by atoms with Crippen LogP contribution in [0.25, 0.3) is 0 Å². The van der Waals surface area contributed by atoms with Crippen LogP contribution in [0.1, 0.15) is 40.5 Å². The third-order valence-electron chi connectivity index (χ3n) is 3.54. The van der Waals surface area contributed by atoms with E-state index in [4.69, 9.17) is 4.74 Å². The maximum Gasteiger partial charge on any atom is 0.0576 e. The summed E-state index contributed by atoms with van der Waals surface area (Å²) < 4.78 is 5.28.